The summed E-state index contributed by atoms with van der Waals surface area (Å²) >= 11 is 1.52. The average Bonchev–Trinajstić information content (AvgIpc) is 3.57. The summed E-state index contributed by atoms with van der Waals surface area (Å²) in [5, 5.41) is 12.9. The van der Waals surface area contributed by atoms with Crippen LogP contribution in [0.4, 0.5) is 0 Å². The molecule has 2 aliphatic rings. The van der Waals surface area contributed by atoms with Crippen molar-refractivity contribution in [3.8, 4) is 0 Å². The van der Waals surface area contributed by atoms with Crippen molar-refractivity contribution in [2.24, 2.45) is 0 Å². The highest BCUT2D eigenvalue weighted by atomic mass is 32.2. The fraction of sp³-hybridized carbons (Fsp3) is 0.550. The quantitative estimate of drug-likeness (QED) is 0.709. The summed E-state index contributed by atoms with van der Waals surface area (Å²) in [5.41, 5.74) is 2.39. The standard InChI is InChI=1S/C20H26N4OS/c1-3-17(14-6-4-13(2)5-7-14)21-18(25)12-26-20-23-22-19(15-8-9-15)24(20)16-10-11-16/h4-7,15-17H,3,8-12H2,1-2H3,(H,21,25)/t17-/m0/s1. The average molecular weight is 371 g/mol. The monoisotopic (exact) mass is 370 g/mol. The molecule has 2 saturated carbocycles. The van der Waals surface area contributed by atoms with Crippen molar-refractivity contribution in [1.29, 1.82) is 0 Å². The number of aromatic nitrogens is 3. The molecule has 1 N–H and O–H groups in total. The first kappa shape index (κ1) is 17.6. The van der Waals surface area contributed by atoms with Crippen LogP contribution in [0.15, 0.2) is 29.4 Å². The van der Waals surface area contributed by atoms with Gasteiger partial charge in [-0.2, -0.15) is 0 Å². The van der Waals surface area contributed by atoms with Gasteiger partial charge in [-0.3, -0.25) is 4.79 Å². The number of carbonyl (C=O) groups excluding carboxylic acids is 1. The molecule has 0 unspecified atom stereocenters. The molecule has 0 radical (unpaired) electrons. The first-order valence-electron chi connectivity index (χ1n) is 9.59. The zero-order chi connectivity index (χ0) is 18.1. The Morgan fingerprint density at radius 2 is 1.96 bits per heavy atom. The van der Waals surface area contributed by atoms with Crippen LogP contribution in [-0.4, -0.2) is 26.4 Å². The van der Waals surface area contributed by atoms with Crippen LogP contribution in [0.2, 0.25) is 0 Å². The molecule has 1 heterocycles. The molecule has 138 valence electrons. The van der Waals surface area contributed by atoms with E-state index in [9.17, 15) is 4.79 Å². The van der Waals surface area contributed by atoms with E-state index in [1.54, 1.807) is 0 Å². The zero-order valence-electron chi connectivity index (χ0n) is 15.4. The van der Waals surface area contributed by atoms with Crippen LogP contribution in [0.25, 0.3) is 0 Å². The molecule has 4 rings (SSSR count). The molecule has 1 amide bonds. The second kappa shape index (κ2) is 7.43. The lowest BCUT2D eigenvalue weighted by atomic mass is 10.0. The van der Waals surface area contributed by atoms with Crippen molar-refractivity contribution in [2.45, 2.75) is 69.1 Å². The normalized spacial score (nSPS) is 17.9. The van der Waals surface area contributed by atoms with E-state index in [-0.39, 0.29) is 11.9 Å². The van der Waals surface area contributed by atoms with E-state index in [2.05, 4.69) is 58.2 Å². The summed E-state index contributed by atoms with van der Waals surface area (Å²) < 4.78 is 2.30. The third kappa shape index (κ3) is 3.95. The molecular weight excluding hydrogens is 344 g/mol. The Bertz CT molecular complexity index is 778. The fourth-order valence-electron chi connectivity index (χ4n) is 3.27. The lowest BCUT2D eigenvalue weighted by molar-refractivity contribution is -0.119. The Hall–Kier alpha value is -1.82. The number of thioether (sulfide) groups is 1. The molecular formula is C20H26N4OS. The van der Waals surface area contributed by atoms with Crippen molar-refractivity contribution >= 4 is 17.7 Å². The van der Waals surface area contributed by atoms with Gasteiger partial charge in [0.05, 0.1) is 11.8 Å². The van der Waals surface area contributed by atoms with Crippen LogP contribution < -0.4 is 5.32 Å². The smallest absolute Gasteiger partial charge is 0.230 e. The SMILES string of the molecule is CC[C@H](NC(=O)CSc1nnc(C2CC2)n1C1CC1)c1ccc(C)cc1. The summed E-state index contributed by atoms with van der Waals surface area (Å²) in [5.74, 6) is 2.18. The van der Waals surface area contributed by atoms with Gasteiger partial charge in [-0.25, -0.2) is 0 Å². The summed E-state index contributed by atoms with van der Waals surface area (Å²) in [4.78, 5) is 12.5. The Kier molecular flexibility index (Phi) is 5.02. The number of nitrogens with zero attached hydrogens (tertiary/aromatic N) is 3. The van der Waals surface area contributed by atoms with Gasteiger partial charge in [0.15, 0.2) is 5.16 Å². The van der Waals surface area contributed by atoms with Gasteiger partial charge in [0, 0.05) is 12.0 Å². The number of amides is 1. The number of rotatable bonds is 8. The second-order valence-electron chi connectivity index (χ2n) is 7.44. The second-order valence-corrected chi connectivity index (χ2v) is 8.39. The van der Waals surface area contributed by atoms with E-state index >= 15 is 0 Å². The first-order valence-corrected chi connectivity index (χ1v) is 10.6. The Morgan fingerprint density at radius 3 is 2.58 bits per heavy atom. The lowest BCUT2D eigenvalue weighted by Gasteiger charge is -2.17. The predicted octanol–water partition coefficient (Wildman–Crippen LogP) is 4.16. The number of carbonyl (C=O) groups is 1. The molecule has 0 saturated heterocycles. The number of nitrogens with one attached hydrogen (secondary N) is 1. The minimum atomic E-state index is 0.0562. The molecule has 2 aromatic rings. The zero-order valence-corrected chi connectivity index (χ0v) is 16.3. The summed E-state index contributed by atoms with van der Waals surface area (Å²) in [7, 11) is 0. The maximum absolute atomic E-state index is 12.5. The predicted molar refractivity (Wildman–Crippen MR) is 103 cm³/mol. The third-order valence-electron chi connectivity index (χ3n) is 5.10. The van der Waals surface area contributed by atoms with Crippen molar-refractivity contribution in [2.75, 3.05) is 5.75 Å². The highest BCUT2D eigenvalue weighted by Gasteiger charge is 2.36. The molecule has 1 aromatic heterocycles. The van der Waals surface area contributed by atoms with E-state index < -0.39 is 0 Å². The van der Waals surface area contributed by atoms with Crippen LogP contribution in [-0.2, 0) is 4.79 Å². The molecule has 0 spiro atoms. The van der Waals surface area contributed by atoms with Gasteiger partial charge < -0.3 is 9.88 Å². The van der Waals surface area contributed by atoms with Crippen molar-refractivity contribution in [3.63, 3.8) is 0 Å². The molecule has 2 aliphatic carbocycles. The maximum Gasteiger partial charge on any atom is 0.230 e. The van der Waals surface area contributed by atoms with Crippen molar-refractivity contribution in [3.05, 3.63) is 41.2 Å². The highest BCUT2D eigenvalue weighted by molar-refractivity contribution is 7.99. The molecule has 0 aliphatic heterocycles. The van der Waals surface area contributed by atoms with E-state index in [0.717, 1.165) is 23.0 Å². The first-order chi connectivity index (χ1) is 12.7. The molecule has 2 fully saturated rings. The summed E-state index contributed by atoms with van der Waals surface area (Å²) in [6.45, 7) is 4.18. The van der Waals surface area contributed by atoms with Crippen LogP contribution >= 0.6 is 11.8 Å². The molecule has 1 atom stereocenters. The third-order valence-corrected chi connectivity index (χ3v) is 6.04. The fourth-order valence-corrected chi connectivity index (χ4v) is 4.09. The Morgan fingerprint density at radius 1 is 1.23 bits per heavy atom. The molecule has 1 aromatic carbocycles. The van der Waals surface area contributed by atoms with E-state index in [0.29, 0.717) is 17.7 Å². The number of hydrogen-bond acceptors (Lipinski definition) is 4. The molecule has 6 heteroatoms. The van der Waals surface area contributed by atoms with Crippen LogP contribution in [0.1, 0.15) is 74.0 Å². The van der Waals surface area contributed by atoms with Gasteiger partial charge in [0.25, 0.3) is 0 Å². The minimum absolute atomic E-state index is 0.0562. The van der Waals surface area contributed by atoms with Gasteiger partial charge in [-0.05, 0) is 44.6 Å². The number of hydrogen-bond donors (Lipinski definition) is 1. The summed E-state index contributed by atoms with van der Waals surface area (Å²) in [6, 6.07) is 9.01. The van der Waals surface area contributed by atoms with Gasteiger partial charge in [-0.1, -0.05) is 48.5 Å². The van der Waals surface area contributed by atoms with E-state index in [1.165, 1.54) is 43.0 Å². The topological polar surface area (TPSA) is 59.8 Å². The van der Waals surface area contributed by atoms with Gasteiger partial charge >= 0.3 is 0 Å². The molecule has 5 nitrogen and oxygen atoms in total. The molecule has 0 bridgehead atoms. The van der Waals surface area contributed by atoms with E-state index in [1.807, 2.05) is 0 Å². The maximum atomic E-state index is 12.5. The van der Waals surface area contributed by atoms with Crippen molar-refractivity contribution < 1.29 is 4.79 Å². The largest absolute Gasteiger partial charge is 0.349 e. The number of aryl methyl sites for hydroxylation is 1. The van der Waals surface area contributed by atoms with Gasteiger partial charge in [-0.15, -0.1) is 10.2 Å². The van der Waals surface area contributed by atoms with Crippen LogP contribution in [0.3, 0.4) is 0 Å². The lowest BCUT2D eigenvalue weighted by Crippen LogP contribution is -2.29. The summed E-state index contributed by atoms with van der Waals surface area (Å²) in [6.07, 6.45) is 5.75. The van der Waals surface area contributed by atoms with Crippen molar-refractivity contribution in [1.82, 2.24) is 20.1 Å². The van der Waals surface area contributed by atoms with E-state index in [4.69, 9.17) is 0 Å². The number of benzene rings is 1. The molecule has 26 heavy (non-hydrogen) atoms. The van der Waals surface area contributed by atoms with Gasteiger partial charge in [0.2, 0.25) is 5.91 Å². The Labute approximate surface area is 159 Å². The van der Waals surface area contributed by atoms with Crippen LogP contribution in [0, 0.1) is 6.92 Å². The van der Waals surface area contributed by atoms with Gasteiger partial charge in [0.1, 0.15) is 5.82 Å². The highest BCUT2D eigenvalue weighted by Crippen LogP contribution is 2.45. The Balaban J connectivity index is 1.37. The van der Waals surface area contributed by atoms with Crippen LogP contribution in [0.5, 0.6) is 0 Å². The minimum Gasteiger partial charge on any atom is -0.349 e.